The highest BCUT2D eigenvalue weighted by Gasteiger charge is 2.32. The van der Waals surface area contributed by atoms with Crippen molar-refractivity contribution >= 4 is 5.91 Å². The van der Waals surface area contributed by atoms with Crippen molar-refractivity contribution in [3.8, 4) is 0 Å². The summed E-state index contributed by atoms with van der Waals surface area (Å²) >= 11 is 0. The first-order valence-corrected chi connectivity index (χ1v) is 10.1. The van der Waals surface area contributed by atoms with E-state index in [1.165, 1.54) is 16.7 Å². The van der Waals surface area contributed by atoms with Crippen LogP contribution in [0, 0.1) is 0 Å². The molecule has 1 atom stereocenters. The van der Waals surface area contributed by atoms with Gasteiger partial charge in [0.2, 0.25) is 0 Å². The Morgan fingerprint density at radius 3 is 2.37 bits per heavy atom. The number of likely N-dealkylation sites (tertiary alicyclic amines) is 1. The number of fused-ring (bicyclic) bond motifs is 1. The Labute approximate surface area is 163 Å². The molecule has 1 fully saturated rings. The minimum Gasteiger partial charge on any atom is -0.337 e. The Bertz CT molecular complexity index is 819. The fourth-order valence-corrected chi connectivity index (χ4v) is 4.35. The Morgan fingerprint density at radius 2 is 1.67 bits per heavy atom. The topological polar surface area (TPSA) is 23.6 Å². The summed E-state index contributed by atoms with van der Waals surface area (Å²) in [5.74, 6) is 0.176. The van der Waals surface area contributed by atoms with Crippen LogP contribution >= 0.6 is 0 Å². The number of hydrogen-bond donors (Lipinski definition) is 0. The quantitative estimate of drug-likeness (QED) is 0.797. The van der Waals surface area contributed by atoms with E-state index in [9.17, 15) is 4.79 Å². The van der Waals surface area contributed by atoms with Crippen molar-refractivity contribution in [2.75, 3.05) is 19.6 Å². The van der Waals surface area contributed by atoms with Gasteiger partial charge in [0, 0.05) is 37.8 Å². The summed E-state index contributed by atoms with van der Waals surface area (Å²) in [7, 11) is 0. The molecule has 2 aromatic carbocycles. The van der Waals surface area contributed by atoms with Gasteiger partial charge in [0.05, 0.1) is 0 Å². The van der Waals surface area contributed by atoms with Gasteiger partial charge in [-0.25, -0.2) is 0 Å². The molecule has 2 heterocycles. The van der Waals surface area contributed by atoms with Crippen molar-refractivity contribution in [2.24, 2.45) is 0 Å². The van der Waals surface area contributed by atoms with E-state index in [2.05, 4.69) is 62.1 Å². The second kappa shape index (κ2) is 7.12. The van der Waals surface area contributed by atoms with Crippen molar-refractivity contribution in [3.05, 3.63) is 70.8 Å². The Balaban J connectivity index is 1.40. The maximum Gasteiger partial charge on any atom is 0.253 e. The van der Waals surface area contributed by atoms with Gasteiger partial charge in [0.15, 0.2) is 0 Å². The van der Waals surface area contributed by atoms with Gasteiger partial charge in [-0.15, -0.1) is 0 Å². The molecule has 0 radical (unpaired) electrons. The second-order valence-electron chi connectivity index (χ2n) is 9.01. The predicted molar refractivity (Wildman–Crippen MR) is 110 cm³/mol. The van der Waals surface area contributed by atoms with Gasteiger partial charge in [0.25, 0.3) is 5.91 Å². The third-order valence-corrected chi connectivity index (χ3v) is 6.13. The molecular formula is C24H30N2O. The van der Waals surface area contributed by atoms with Gasteiger partial charge in [-0.2, -0.15) is 0 Å². The molecule has 2 aromatic rings. The van der Waals surface area contributed by atoms with Crippen molar-refractivity contribution < 1.29 is 4.79 Å². The number of nitrogens with zero attached hydrogens (tertiary/aromatic N) is 2. The SMILES string of the molecule is CC(C)(C)c1ccc(C(=O)N2CC[C@@H](N3CCc4ccccc4C3)C2)cc1. The normalized spacial score (nSPS) is 20.6. The largest absolute Gasteiger partial charge is 0.337 e. The highest BCUT2D eigenvalue weighted by molar-refractivity contribution is 5.94. The highest BCUT2D eigenvalue weighted by Crippen LogP contribution is 2.26. The van der Waals surface area contributed by atoms with Gasteiger partial charge in [-0.1, -0.05) is 57.2 Å². The lowest BCUT2D eigenvalue weighted by atomic mass is 9.86. The summed E-state index contributed by atoms with van der Waals surface area (Å²) in [5, 5.41) is 0. The maximum atomic E-state index is 12.9. The van der Waals surface area contributed by atoms with Crippen LogP contribution < -0.4 is 0 Å². The fraction of sp³-hybridized carbons (Fsp3) is 0.458. The molecule has 142 valence electrons. The summed E-state index contributed by atoms with van der Waals surface area (Å²) in [6, 6.07) is 17.4. The van der Waals surface area contributed by atoms with E-state index in [0.29, 0.717) is 6.04 Å². The van der Waals surface area contributed by atoms with Crippen LogP contribution in [0.2, 0.25) is 0 Å². The van der Waals surface area contributed by atoms with Crippen LogP contribution in [0.15, 0.2) is 48.5 Å². The molecule has 4 rings (SSSR count). The van der Waals surface area contributed by atoms with Crippen LogP contribution in [0.5, 0.6) is 0 Å². The van der Waals surface area contributed by atoms with Gasteiger partial charge in [-0.05, 0) is 47.1 Å². The highest BCUT2D eigenvalue weighted by atomic mass is 16.2. The predicted octanol–water partition coefficient (Wildman–Crippen LogP) is 4.26. The standard InChI is InChI=1S/C24H30N2O/c1-24(2,3)21-10-8-19(9-11-21)23(27)26-15-13-22(17-26)25-14-12-18-6-4-5-7-20(18)16-25/h4-11,22H,12-17H2,1-3H3/t22-/m1/s1. The fourth-order valence-electron chi connectivity index (χ4n) is 4.35. The first-order valence-electron chi connectivity index (χ1n) is 10.1. The zero-order valence-corrected chi connectivity index (χ0v) is 16.7. The molecule has 2 aliphatic rings. The third-order valence-electron chi connectivity index (χ3n) is 6.13. The number of rotatable bonds is 2. The lowest BCUT2D eigenvalue weighted by Crippen LogP contribution is -2.41. The van der Waals surface area contributed by atoms with Gasteiger partial charge in [-0.3, -0.25) is 9.69 Å². The average molecular weight is 363 g/mol. The molecule has 0 N–H and O–H groups in total. The van der Waals surface area contributed by atoms with Crippen molar-refractivity contribution in [2.45, 2.75) is 51.6 Å². The Kier molecular flexibility index (Phi) is 4.81. The van der Waals surface area contributed by atoms with E-state index >= 15 is 0 Å². The molecule has 1 saturated heterocycles. The van der Waals surface area contributed by atoms with E-state index in [4.69, 9.17) is 0 Å². The Hall–Kier alpha value is -2.13. The van der Waals surface area contributed by atoms with Gasteiger partial charge >= 0.3 is 0 Å². The second-order valence-corrected chi connectivity index (χ2v) is 9.01. The smallest absolute Gasteiger partial charge is 0.253 e. The molecular weight excluding hydrogens is 332 g/mol. The van der Waals surface area contributed by atoms with Crippen molar-refractivity contribution in [1.29, 1.82) is 0 Å². The molecule has 0 aromatic heterocycles. The third kappa shape index (κ3) is 3.79. The lowest BCUT2D eigenvalue weighted by Gasteiger charge is -2.33. The first-order chi connectivity index (χ1) is 12.9. The van der Waals surface area contributed by atoms with E-state index in [1.807, 2.05) is 17.0 Å². The number of carbonyl (C=O) groups is 1. The molecule has 0 spiro atoms. The van der Waals surface area contributed by atoms with Crippen LogP contribution in [0.1, 0.15) is 54.2 Å². The minimum absolute atomic E-state index is 0.116. The van der Waals surface area contributed by atoms with Crippen LogP contribution in [0.4, 0.5) is 0 Å². The Morgan fingerprint density at radius 1 is 0.963 bits per heavy atom. The zero-order chi connectivity index (χ0) is 19.0. The van der Waals surface area contributed by atoms with E-state index in [0.717, 1.165) is 44.6 Å². The summed E-state index contributed by atoms with van der Waals surface area (Å²) in [6.07, 6.45) is 2.20. The summed E-state index contributed by atoms with van der Waals surface area (Å²) < 4.78 is 0. The number of benzene rings is 2. The molecule has 1 amide bonds. The first kappa shape index (κ1) is 18.2. The molecule has 27 heavy (non-hydrogen) atoms. The molecule has 2 aliphatic heterocycles. The lowest BCUT2D eigenvalue weighted by molar-refractivity contribution is 0.0773. The summed E-state index contributed by atoms with van der Waals surface area (Å²) in [5.41, 5.74) is 5.13. The van der Waals surface area contributed by atoms with E-state index in [-0.39, 0.29) is 11.3 Å². The molecule has 0 unspecified atom stereocenters. The summed E-state index contributed by atoms with van der Waals surface area (Å²) in [6.45, 7) is 10.4. The van der Waals surface area contributed by atoms with Crippen molar-refractivity contribution in [3.63, 3.8) is 0 Å². The van der Waals surface area contributed by atoms with Crippen LogP contribution in [-0.4, -0.2) is 41.4 Å². The molecule has 0 saturated carbocycles. The zero-order valence-electron chi connectivity index (χ0n) is 16.7. The van der Waals surface area contributed by atoms with Gasteiger partial charge in [0.1, 0.15) is 0 Å². The molecule has 3 nitrogen and oxygen atoms in total. The number of amides is 1. The van der Waals surface area contributed by atoms with E-state index in [1.54, 1.807) is 0 Å². The minimum atomic E-state index is 0.116. The molecule has 0 aliphatic carbocycles. The van der Waals surface area contributed by atoms with Crippen molar-refractivity contribution in [1.82, 2.24) is 9.80 Å². The number of hydrogen-bond acceptors (Lipinski definition) is 2. The van der Waals surface area contributed by atoms with Crippen LogP contribution in [0.3, 0.4) is 0 Å². The number of carbonyl (C=O) groups excluding carboxylic acids is 1. The monoisotopic (exact) mass is 362 g/mol. The maximum absolute atomic E-state index is 12.9. The summed E-state index contributed by atoms with van der Waals surface area (Å²) in [4.78, 5) is 17.5. The molecule has 3 heteroatoms. The average Bonchev–Trinajstić information content (AvgIpc) is 3.16. The van der Waals surface area contributed by atoms with E-state index < -0.39 is 0 Å². The van der Waals surface area contributed by atoms with Gasteiger partial charge < -0.3 is 4.90 Å². The van der Waals surface area contributed by atoms with Crippen LogP contribution in [0.25, 0.3) is 0 Å². The molecule has 0 bridgehead atoms. The van der Waals surface area contributed by atoms with Crippen LogP contribution in [-0.2, 0) is 18.4 Å².